The molecule has 0 saturated heterocycles. The van der Waals surface area contributed by atoms with Gasteiger partial charge in [-0.2, -0.15) is 0 Å². The normalized spacial score (nSPS) is 25.0. The molecule has 0 spiro atoms. The lowest BCUT2D eigenvalue weighted by Crippen LogP contribution is -2.32. The van der Waals surface area contributed by atoms with E-state index in [1.54, 1.807) is 12.1 Å². The Morgan fingerprint density at radius 3 is 2.40 bits per heavy atom. The predicted octanol–water partition coefficient (Wildman–Crippen LogP) is 3.81. The molecule has 3 unspecified atom stereocenters. The van der Waals surface area contributed by atoms with Crippen LogP contribution in [0.25, 0.3) is 0 Å². The maximum atomic E-state index is 12.0. The average molecular weight is 337 g/mol. The van der Waals surface area contributed by atoms with Gasteiger partial charge in [-0.15, -0.1) is 0 Å². The van der Waals surface area contributed by atoms with Crippen molar-refractivity contribution in [1.29, 1.82) is 0 Å². The number of benzene rings is 2. The van der Waals surface area contributed by atoms with Gasteiger partial charge in [-0.25, -0.2) is 0 Å². The van der Waals surface area contributed by atoms with Crippen LogP contribution in [0.5, 0.6) is 11.5 Å². The smallest absolute Gasteiger partial charge is 0.249 e. The average Bonchev–Trinajstić information content (AvgIpc) is 2.61. The van der Waals surface area contributed by atoms with Crippen molar-refractivity contribution in [1.82, 2.24) is 0 Å². The van der Waals surface area contributed by atoms with E-state index in [0.29, 0.717) is 23.3 Å². The van der Waals surface area contributed by atoms with E-state index in [0.717, 1.165) is 30.4 Å². The van der Waals surface area contributed by atoms with Crippen molar-refractivity contribution in [3.8, 4) is 11.5 Å². The number of hydrogen-bond donors (Lipinski definition) is 3. The van der Waals surface area contributed by atoms with Gasteiger partial charge in [-0.1, -0.05) is 25.0 Å². The summed E-state index contributed by atoms with van der Waals surface area (Å²) < 4.78 is 0. The van der Waals surface area contributed by atoms with Crippen LogP contribution in [0, 0.1) is 5.92 Å². The van der Waals surface area contributed by atoms with Gasteiger partial charge in [0.25, 0.3) is 0 Å². The number of nitrogens with two attached hydrogens (primary N) is 1. The molecule has 4 N–H and O–H groups in total. The Hall–Kier alpha value is -2.49. The van der Waals surface area contributed by atoms with Crippen molar-refractivity contribution in [2.45, 2.75) is 43.9 Å². The molecule has 2 aromatic rings. The fourth-order valence-electron chi connectivity index (χ4n) is 4.94. The van der Waals surface area contributed by atoms with E-state index in [-0.39, 0.29) is 11.5 Å². The second kappa shape index (κ2) is 6.10. The number of fused-ring (bicyclic) bond motifs is 3. The van der Waals surface area contributed by atoms with Crippen LogP contribution in [0.4, 0.5) is 0 Å². The van der Waals surface area contributed by atoms with Gasteiger partial charge in [-0.05, 0) is 78.0 Å². The molecule has 2 aliphatic carbocycles. The highest BCUT2D eigenvalue weighted by molar-refractivity contribution is 5.95. The number of aromatic hydroxyl groups is 2. The lowest BCUT2D eigenvalue weighted by atomic mass is 9.61. The number of carbonyl (C=O) groups excluding carboxylic acids is 1. The minimum atomic E-state index is -0.481. The number of amides is 1. The summed E-state index contributed by atoms with van der Waals surface area (Å²) in [5, 5.41) is 19.7. The number of phenols is 2. The molecule has 1 saturated carbocycles. The quantitative estimate of drug-likeness (QED) is 0.779. The van der Waals surface area contributed by atoms with E-state index in [1.165, 1.54) is 24.5 Å². The molecule has 130 valence electrons. The second-order valence-electron chi connectivity index (χ2n) is 7.38. The van der Waals surface area contributed by atoms with Gasteiger partial charge in [0.05, 0.1) is 0 Å². The Kier molecular flexibility index (Phi) is 3.91. The first-order valence-electron chi connectivity index (χ1n) is 8.99. The molecule has 1 fully saturated rings. The third kappa shape index (κ3) is 2.76. The highest BCUT2D eigenvalue weighted by Crippen LogP contribution is 2.52. The first kappa shape index (κ1) is 16.0. The minimum absolute atomic E-state index is 0.125. The van der Waals surface area contributed by atoms with E-state index in [4.69, 9.17) is 5.73 Å². The topological polar surface area (TPSA) is 83.6 Å². The summed E-state index contributed by atoms with van der Waals surface area (Å²) in [5.41, 5.74) is 9.34. The summed E-state index contributed by atoms with van der Waals surface area (Å²) in [7, 11) is 0. The molecule has 4 rings (SSSR count). The molecule has 3 atom stereocenters. The standard InChI is InChI=1S/C21H23NO3/c22-21(25)20-10-14(24)9-18-16-4-2-1-3-15(16)17(11-19(18)20)12-5-7-13(23)8-6-12/h5-10,15-17,23-24H,1-4,11H2,(H2,22,25). The van der Waals surface area contributed by atoms with E-state index in [1.807, 2.05) is 18.2 Å². The minimum Gasteiger partial charge on any atom is -0.508 e. The maximum absolute atomic E-state index is 12.0. The lowest BCUT2D eigenvalue weighted by molar-refractivity contribution is 0.0997. The van der Waals surface area contributed by atoms with Gasteiger partial charge in [0.1, 0.15) is 11.5 Å². The first-order chi connectivity index (χ1) is 12.0. The van der Waals surface area contributed by atoms with Crippen molar-refractivity contribution in [3.63, 3.8) is 0 Å². The fraction of sp³-hybridized carbons (Fsp3) is 0.381. The van der Waals surface area contributed by atoms with Crippen molar-refractivity contribution >= 4 is 5.91 Å². The molecule has 1 amide bonds. The summed E-state index contributed by atoms with van der Waals surface area (Å²) in [6, 6.07) is 10.8. The molecule has 2 aromatic carbocycles. The molecule has 4 nitrogen and oxygen atoms in total. The van der Waals surface area contributed by atoms with Gasteiger partial charge in [0, 0.05) is 5.56 Å². The van der Waals surface area contributed by atoms with Gasteiger partial charge in [-0.3, -0.25) is 4.79 Å². The summed E-state index contributed by atoms with van der Waals surface area (Å²) in [5.74, 6) is 1.06. The fourth-order valence-corrected chi connectivity index (χ4v) is 4.94. The third-order valence-electron chi connectivity index (χ3n) is 6.02. The van der Waals surface area contributed by atoms with Crippen molar-refractivity contribution in [3.05, 3.63) is 58.7 Å². The van der Waals surface area contributed by atoms with Gasteiger partial charge < -0.3 is 15.9 Å². The Bertz CT molecular complexity index is 813. The molecule has 0 radical (unpaired) electrons. The van der Waals surface area contributed by atoms with E-state index < -0.39 is 5.91 Å². The van der Waals surface area contributed by atoms with Gasteiger partial charge in [0.15, 0.2) is 0 Å². The Balaban J connectivity index is 1.85. The summed E-state index contributed by atoms with van der Waals surface area (Å²) in [4.78, 5) is 12.0. The van der Waals surface area contributed by atoms with Gasteiger partial charge in [0.2, 0.25) is 5.91 Å². The van der Waals surface area contributed by atoms with Gasteiger partial charge >= 0.3 is 0 Å². The molecular formula is C21H23NO3. The Morgan fingerprint density at radius 2 is 1.68 bits per heavy atom. The van der Waals surface area contributed by atoms with Crippen molar-refractivity contribution < 1.29 is 15.0 Å². The van der Waals surface area contributed by atoms with E-state index in [2.05, 4.69) is 0 Å². The lowest BCUT2D eigenvalue weighted by Gasteiger charge is -2.43. The zero-order chi connectivity index (χ0) is 17.6. The van der Waals surface area contributed by atoms with Crippen LogP contribution in [0.15, 0.2) is 36.4 Å². The number of carbonyl (C=O) groups is 1. The molecule has 2 aliphatic rings. The number of phenolic OH excluding ortho intramolecular Hbond substituents is 2. The van der Waals surface area contributed by atoms with Crippen molar-refractivity contribution in [2.24, 2.45) is 11.7 Å². The zero-order valence-electron chi connectivity index (χ0n) is 14.1. The second-order valence-corrected chi connectivity index (χ2v) is 7.38. The van der Waals surface area contributed by atoms with Crippen molar-refractivity contribution in [2.75, 3.05) is 0 Å². The molecule has 4 heteroatoms. The van der Waals surface area contributed by atoms with Crippen LogP contribution < -0.4 is 5.73 Å². The van der Waals surface area contributed by atoms with Crippen LogP contribution in [-0.4, -0.2) is 16.1 Å². The highest BCUT2D eigenvalue weighted by atomic mass is 16.3. The maximum Gasteiger partial charge on any atom is 0.249 e. The molecule has 0 bridgehead atoms. The van der Waals surface area contributed by atoms with E-state index in [9.17, 15) is 15.0 Å². The molecule has 0 aromatic heterocycles. The molecule has 0 heterocycles. The summed E-state index contributed by atoms with van der Waals surface area (Å²) in [6.07, 6.45) is 5.36. The van der Waals surface area contributed by atoms with Crippen LogP contribution >= 0.6 is 0 Å². The molecule has 0 aliphatic heterocycles. The van der Waals surface area contributed by atoms with Crippen LogP contribution in [0.2, 0.25) is 0 Å². The van der Waals surface area contributed by atoms with Crippen LogP contribution in [0.3, 0.4) is 0 Å². The SMILES string of the molecule is NC(=O)c1cc(O)cc2c1CC(c1ccc(O)cc1)C1CCCCC21. The highest BCUT2D eigenvalue weighted by Gasteiger charge is 2.40. The number of primary amides is 1. The summed E-state index contributed by atoms with van der Waals surface area (Å²) >= 11 is 0. The monoisotopic (exact) mass is 337 g/mol. The summed E-state index contributed by atoms with van der Waals surface area (Å²) in [6.45, 7) is 0. The van der Waals surface area contributed by atoms with Crippen LogP contribution in [-0.2, 0) is 6.42 Å². The Labute approximate surface area is 147 Å². The molecular weight excluding hydrogens is 314 g/mol. The molecule has 25 heavy (non-hydrogen) atoms. The predicted molar refractivity (Wildman–Crippen MR) is 95.9 cm³/mol. The zero-order valence-corrected chi connectivity index (χ0v) is 14.1. The number of rotatable bonds is 2. The largest absolute Gasteiger partial charge is 0.508 e. The number of hydrogen-bond acceptors (Lipinski definition) is 3. The first-order valence-corrected chi connectivity index (χ1v) is 8.99. The Morgan fingerprint density at radius 1 is 0.960 bits per heavy atom. The van der Waals surface area contributed by atoms with Crippen LogP contribution in [0.1, 0.15) is 64.6 Å². The third-order valence-corrected chi connectivity index (χ3v) is 6.02. The van der Waals surface area contributed by atoms with E-state index >= 15 is 0 Å².